The van der Waals surface area contributed by atoms with E-state index >= 15 is 0 Å². The molecule has 0 aromatic carbocycles. The van der Waals surface area contributed by atoms with Crippen LogP contribution in [0.1, 0.15) is 17.5 Å². The molecule has 1 aliphatic carbocycles. The summed E-state index contributed by atoms with van der Waals surface area (Å²) in [5.74, 6) is 0. The lowest BCUT2D eigenvalue weighted by Gasteiger charge is -1.97. The van der Waals surface area contributed by atoms with Crippen LogP contribution in [0.5, 0.6) is 0 Å². The van der Waals surface area contributed by atoms with E-state index in [4.69, 9.17) is 0 Å². The highest BCUT2D eigenvalue weighted by molar-refractivity contribution is 9.10. The zero-order chi connectivity index (χ0) is 6.97. The van der Waals surface area contributed by atoms with Crippen LogP contribution in [0.15, 0.2) is 16.9 Å². The van der Waals surface area contributed by atoms with Gasteiger partial charge in [-0.2, -0.15) is 0 Å². The Morgan fingerprint density at radius 1 is 1.40 bits per heavy atom. The average Bonchev–Trinajstić information content (AvgIpc) is 2.36. The summed E-state index contributed by atoms with van der Waals surface area (Å²) in [6.45, 7) is 0. The number of hydrogen-bond acceptors (Lipinski definition) is 1. The van der Waals surface area contributed by atoms with Crippen LogP contribution in [0.25, 0.3) is 0 Å². The molecular formula is C8H8BrN. The number of rotatable bonds is 0. The zero-order valence-electron chi connectivity index (χ0n) is 5.60. The van der Waals surface area contributed by atoms with Crippen LogP contribution in [0.2, 0.25) is 0 Å². The summed E-state index contributed by atoms with van der Waals surface area (Å²) in [6.07, 6.45) is 5.59. The minimum Gasteiger partial charge on any atom is -0.249 e. The van der Waals surface area contributed by atoms with E-state index in [1.165, 1.54) is 30.4 Å². The number of hydrogen-bond donors (Lipinski definition) is 0. The summed E-state index contributed by atoms with van der Waals surface area (Å²) in [5, 5.41) is 0. The molecular weight excluding hydrogens is 190 g/mol. The van der Waals surface area contributed by atoms with Crippen LogP contribution >= 0.6 is 15.9 Å². The summed E-state index contributed by atoms with van der Waals surface area (Å²) in [4.78, 5) is 4.17. The largest absolute Gasteiger partial charge is 0.249 e. The van der Waals surface area contributed by atoms with Crippen molar-refractivity contribution in [3.05, 3.63) is 28.0 Å². The van der Waals surface area contributed by atoms with Gasteiger partial charge in [-0.1, -0.05) is 0 Å². The molecule has 0 atom stereocenters. The Hall–Kier alpha value is -0.370. The maximum absolute atomic E-state index is 4.17. The fourth-order valence-corrected chi connectivity index (χ4v) is 2.03. The Morgan fingerprint density at radius 2 is 2.30 bits per heavy atom. The third kappa shape index (κ3) is 0.870. The van der Waals surface area contributed by atoms with Crippen LogP contribution in [0.3, 0.4) is 0 Å². The maximum Gasteiger partial charge on any atom is 0.109 e. The highest BCUT2D eigenvalue weighted by Crippen LogP contribution is 2.26. The fourth-order valence-electron chi connectivity index (χ4n) is 1.46. The van der Waals surface area contributed by atoms with Crippen molar-refractivity contribution in [3.8, 4) is 0 Å². The first kappa shape index (κ1) is 6.35. The molecule has 0 aliphatic heterocycles. The first-order chi connectivity index (χ1) is 4.88. The van der Waals surface area contributed by atoms with E-state index in [1.54, 1.807) is 0 Å². The van der Waals surface area contributed by atoms with E-state index in [0.717, 1.165) is 4.60 Å². The lowest BCUT2D eigenvalue weighted by atomic mass is 10.2. The van der Waals surface area contributed by atoms with Gasteiger partial charge < -0.3 is 0 Å². The molecule has 1 heterocycles. The zero-order valence-corrected chi connectivity index (χ0v) is 7.19. The van der Waals surface area contributed by atoms with Crippen molar-refractivity contribution in [1.29, 1.82) is 0 Å². The molecule has 0 bridgehead atoms. The summed E-state index contributed by atoms with van der Waals surface area (Å²) in [6, 6.07) is 2.12. The van der Waals surface area contributed by atoms with Gasteiger partial charge in [0.05, 0.1) is 0 Å². The number of nitrogens with zero attached hydrogens (tertiary/aromatic N) is 1. The molecule has 0 unspecified atom stereocenters. The fraction of sp³-hybridized carbons (Fsp3) is 0.375. The number of aromatic nitrogens is 1. The number of aryl methyl sites for hydroxylation is 1. The average molecular weight is 198 g/mol. The molecule has 1 aromatic rings. The molecule has 0 amide bonds. The van der Waals surface area contributed by atoms with Gasteiger partial charge >= 0.3 is 0 Å². The number of halogens is 1. The monoisotopic (exact) mass is 197 g/mol. The Bertz CT molecular complexity index is 257. The third-order valence-corrected chi connectivity index (χ3v) is 2.66. The minimum absolute atomic E-state index is 1.04. The van der Waals surface area contributed by atoms with E-state index < -0.39 is 0 Å². The summed E-state index contributed by atoms with van der Waals surface area (Å²) >= 11 is 3.44. The maximum atomic E-state index is 4.17. The molecule has 0 saturated carbocycles. The molecule has 52 valence electrons. The molecule has 0 spiro atoms. The van der Waals surface area contributed by atoms with Crippen molar-refractivity contribution in [2.75, 3.05) is 0 Å². The Labute approximate surface area is 68.6 Å². The van der Waals surface area contributed by atoms with E-state index in [0.29, 0.717) is 0 Å². The topological polar surface area (TPSA) is 12.9 Å². The van der Waals surface area contributed by atoms with Crippen molar-refractivity contribution in [3.63, 3.8) is 0 Å². The third-order valence-electron chi connectivity index (χ3n) is 1.97. The standard InChI is InChI=1S/C8H8BrN/c9-8-7-3-1-2-6(7)4-5-10-8/h4-5H,1-3H2. The van der Waals surface area contributed by atoms with Crippen molar-refractivity contribution in [1.82, 2.24) is 4.98 Å². The van der Waals surface area contributed by atoms with Gasteiger partial charge in [-0.15, -0.1) is 0 Å². The van der Waals surface area contributed by atoms with Gasteiger partial charge in [0, 0.05) is 6.20 Å². The number of pyridine rings is 1. The van der Waals surface area contributed by atoms with E-state index in [9.17, 15) is 0 Å². The molecule has 2 rings (SSSR count). The van der Waals surface area contributed by atoms with Crippen LogP contribution < -0.4 is 0 Å². The van der Waals surface area contributed by atoms with Gasteiger partial charge in [0.25, 0.3) is 0 Å². The molecule has 0 radical (unpaired) electrons. The quantitative estimate of drug-likeness (QED) is 0.583. The SMILES string of the molecule is Brc1nccc2c1CCC2. The van der Waals surface area contributed by atoms with Gasteiger partial charge in [-0.25, -0.2) is 4.98 Å². The first-order valence-corrected chi connectivity index (χ1v) is 4.29. The Kier molecular flexibility index (Phi) is 1.49. The highest BCUT2D eigenvalue weighted by Gasteiger charge is 2.12. The predicted molar refractivity (Wildman–Crippen MR) is 44.0 cm³/mol. The van der Waals surface area contributed by atoms with E-state index in [1.807, 2.05) is 6.20 Å². The van der Waals surface area contributed by atoms with Crippen LogP contribution in [-0.2, 0) is 12.8 Å². The Balaban J connectivity index is 2.59. The van der Waals surface area contributed by atoms with Crippen molar-refractivity contribution in [2.24, 2.45) is 0 Å². The van der Waals surface area contributed by atoms with Crippen molar-refractivity contribution >= 4 is 15.9 Å². The van der Waals surface area contributed by atoms with Crippen molar-refractivity contribution < 1.29 is 0 Å². The van der Waals surface area contributed by atoms with Gasteiger partial charge in [0.1, 0.15) is 4.60 Å². The van der Waals surface area contributed by atoms with Gasteiger partial charge in [0.15, 0.2) is 0 Å². The normalized spacial score (nSPS) is 15.3. The van der Waals surface area contributed by atoms with E-state index in [2.05, 4.69) is 27.0 Å². The van der Waals surface area contributed by atoms with E-state index in [-0.39, 0.29) is 0 Å². The minimum atomic E-state index is 1.04. The van der Waals surface area contributed by atoms with Crippen LogP contribution in [-0.4, -0.2) is 4.98 Å². The van der Waals surface area contributed by atoms with Crippen LogP contribution in [0.4, 0.5) is 0 Å². The summed E-state index contributed by atoms with van der Waals surface area (Å²) in [5.41, 5.74) is 2.89. The summed E-state index contributed by atoms with van der Waals surface area (Å²) < 4.78 is 1.04. The lowest BCUT2D eigenvalue weighted by Crippen LogP contribution is -1.85. The predicted octanol–water partition coefficient (Wildman–Crippen LogP) is 2.33. The van der Waals surface area contributed by atoms with Crippen molar-refractivity contribution in [2.45, 2.75) is 19.3 Å². The molecule has 0 N–H and O–H groups in total. The first-order valence-electron chi connectivity index (χ1n) is 3.50. The Morgan fingerprint density at radius 3 is 3.10 bits per heavy atom. The molecule has 1 aliphatic rings. The molecule has 1 nitrogen and oxygen atoms in total. The molecule has 0 fully saturated rings. The molecule has 2 heteroatoms. The lowest BCUT2D eigenvalue weighted by molar-refractivity contribution is 0.909. The van der Waals surface area contributed by atoms with Gasteiger partial charge in [0.2, 0.25) is 0 Å². The van der Waals surface area contributed by atoms with Gasteiger partial charge in [-0.3, -0.25) is 0 Å². The number of fused-ring (bicyclic) bond motifs is 1. The smallest absolute Gasteiger partial charge is 0.109 e. The second kappa shape index (κ2) is 2.35. The molecule has 1 aromatic heterocycles. The molecule has 10 heavy (non-hydrogen) atoms. The second-order valence-electron chi connectivity index (χ2n) is 2.59. The second-order valence-corrected chi connectivity index (χ2v) is 3.34. The highest BCUT2D eigenvalue weighted by atomic mass is 79.9. The van der Waals surface area contributed by atoms with Crippen LogP contribution in [0, 0.1) is 0 Å². The molecule has 0 saturated heterocycles. The summed E-state index contributed by atoms with van der Waals surface area (Å²) in [7, 11) is 0. The van der Waals surface area contributed by atoms with Gasteiger partial charge in [-0.05, 0) is 52.4 Å².